The summed E-state index contributed by atoms with van der Waals surface area (Å²) in [5.74, 6) is -0.216. The Morgan fingerprint density at radius 1 is 1.05 bits per heavy atom. The highest BCUT2D eigenvalue weighted by Gasteiger charge is 2.51. The lowest BCUT2D eigenvalue weighted by Gasteiger charge is -2.31. The van der Waals surface area contributed by atoms with Crippen LogP contribution in [0.1, 0.15) is 33.6 Å². The summed E-state index contributed by atoms with van der Waals surface area (Å²) in [6.45, 7) is 2.25. The summed E-state index contributed by atoms with van der Waals surface area (Å²) < 4.78 is 1.57. The summed E-state index contributed by atoms with van der Waals surface area (Å²) in [6, 6.07) is 19.6. The van der Waals surface area contributed by atoms with Gasteiger partial charge in [-0.15, -0.1) is 5.10 Å². The second kappa shape index (κ2) is 10.8. The Morgan fingerprint density at radius 2 is 1.86 bits per heavy atom. The summed E-state index contributed by atoms with van der Waals surface area (Å²) in [5, 5.41) is 35.2. The van der Waals surface area contributed by atoms with Gasteiger partial charge in [-0.1, -0.05) is 28.9 Å². The van der Waals surface area contributed by atoms with Crippen LogP contribution in [0.3, 0.4) is 0 Å². The minimum absolute atomic E-state index is 0.0291. The van der Waals surface area contributed by atoms with Gasteiger partial charge >= 0.3 is 0 Å². The first-order chi connectivity index (χ1) is 20.3. The number of hydrogen-bond donors (Lipinski definition) is 5. The quantitative estimate of drug-likeness (QED) is 0.171. The van der Waals surface area contributed by atoms with E-state index in [1.54, 1.807) is 66.5 Å². The number of anilines is 3. The number of amides is 1. The number of aryl methyl sites for hydroxylation is 1. The highest BCUT2D eigenvalue weighted by Crippen LogP contribution is 2.50. The number of nitrogens with two attached hydrogens (primary N) is 1. The number of rotatable bonds is 8. The molecule has 3 aromatic carbocycles. The van der Waals surface area contributed by atoms with Gasteiger partial charge in [0.25, 0.3) is 0 Å². The van der Waals surface area contributed by atoms with E-state index in [-0.39, 0.29) is 18.3 Å². The molecule has 6 rings (SSSR count). The lowest BCUT2D eigenvalue weighted by Crippen LogP contribution is -2.38. The number of phenols is 1. The number of fused-ring (bicyclic) bond motifs is 1. The number of halogens is 1. The first-order valence-corrected chi connectivity index (χ1v) is 13.7. The van der Waals surface area contributed by atoms with E-state index < -0.39 is 5.41 Å². The van der Waals surface area contributed by atoms with Crippen molar-refractivity contribution in [2.45, 2.75) is 18.8 Å². The van der Waals surface area contributed by atoms with E-state index in [9.17, 15) is 9.90 Å². The molecule has 1 aliphatic rings. The zero-order valence-corrected chi connectivity index (χ0v) is 23.4. The molecule has 1 unspecified atom stereocenters. The Hall–Kier alpha value is -4.93. The minimum atomic E-state index is -1.33. The molecule has 212 valence electrons. The van der Waals surface area contributed by atoms with E-state index in [4.69, 9.17) is 22.4 Å². The topological polar surface area (TPSA) is 151 Å². The third kappa shape index (κ3) is 4.70. The van der Waals surface area contributed by atoms with Crippen molar-refractivity contribution in [1.82, 2.24) is 20.0 Å². The number of nitrogens with one attached hydrogen (secondary N) is 2. The third-order valence-electron chi connectivity index (χ3n) is 7.45. The Kier molecular flexibility index (Phi) is 7.01. The molecule has 1 aliphatic heterocycles. The number of aliphatic hydroxyl groups is 1. The van der Waals surface area contributed by atoms with Crippen LogP contribution in [-0.4, -0.2) is 49.2 Å². The number of phenolic OH excluding ortho intramolecular Hbond substituents is 1. The fourth-order valence-corrected chi connectivity index (χ4v) is 5.55. The van der Waals surface area contributed by atoms with E-state index >= 15 is 0 Å². The molecule has 10 nitrogen and oxygen atoms in total. The molecule has 0 radical (unpaired) electrons. The Bertz CT molecular complexity index is 1790. The summed E-state index contributed by atoms with van der Waals surface area (Å²) in [4.78, 5) is 18.6. The van der Waals surface area contributed by atoms with Crippen LogP contribution in [0.15, 0.2) is 79.1 Å². The average molecular weight is 582 g/mol. The molecule has 6 N–H and O–H groups in total. The predicted octanol–water partition coefficient (Wildman–Crippen LogP) is 4.19. The van der Waals surface area contributed by atoms with E-state index in [1.165, 1.54) is 0 Å². The highest BCUT2D eigenvalue weighted by molar-refractivity contribution is 6.30. The lowest BCUT2D eigenvalue weighted by atomic mass is 9.69. The van der Waals surface area contributed by atoms with E-state index in [0.29, 0.717) is 63.0 Å². The van der Waals surface area contributed by atoms with Crippen molar-refractivity contribution in [2.75, 3.05) is 29.5 Å². The number of nitrogen functional groups attached to an aromatic ring is 1. The number of benzene rings is 3. The van der Waals surface area contributed by atoms with Crippen LogP contribution in [0.2, 0.25) is 5.02 Å². The van der Waals surface area contributed by atoms with Gasteiger partial charge in [0.05, 0.1) is 36.1 Å². The van der Waals surface area contributed by atoms with Crippen molar-refractivity contribution >= 4 is 34.6 Å². The van der Waals surface area contributed by atoms with Crippen molar-refractivity contribution in [3.05, 3.63) is 118 Å². The first kappa shape index (κ1) is 27.3. The second-order valence-electron chi connectivity index (χ2n) is 10.2. The predicted molar refractivity (Wildman–Crippen MR) is 161 cm³/mol. The first-order valence-electron chi connectivity index (χ1n) is 13.3. The monoisotopic (exact) mass is 581 g/mol. The van der Waals surface area contributed by atoms with Crippen LogP contribution >= 0.6 is 11.6 Å². The molecule has 0 saturated heterocycles. The molecule has 1 atom stereocenters. The van der Waals surface area contributed by atoms with E-state index in [0.717, 1.165) is 11.4 Å². The third-order valence-corrected chi connectivity index (χ3v) is 7.70. The molecular weight excluding hydrogens is 554 g/mol. The molecule has 0 fully saturated rings. The molecule has 0 aliphatic carbocycles. The molecular formula is C31H28ClN7O3. The second-order valence-corrected chi connectivity index (χ2v) is 10.6. The molecule has 0 saturated carbocycles. The van der Waals surface area contributed by atoms with Crippen LogP contribution in [-0.2, 0) is 16.6 Å². The van der Waals surface area contributed by atoms with Crippen LogP contribution in [0.5, 0.6) is 5.75 Å². The Labute approximate surface area is 246 Å². The van der Waals surface area contributed by atoms with Crippen molar-refractivity contribution in [1.29, 1.82) is 0 Å². The number of carbonyl (C=O) groups is 1. The molecule has 5 aromatic rings. The number of aromatic hydroxyl groups is 1. The average Bonchev–Trinajstić information content (AvgIpc) is 3.56. The van der Waals surface area contributed by atoms with Gasteiger partial charge in [-0.05, 0) is 66.6 Å². The molecule has 0 spiro atoms. The van der Waals surface area contributed by atoms with Crippen molar-refractivity contribution < 1.29 is 15.0 Å². The molecule has 42 heavy (non-hydrogen) atoms. The van der Waals surface area contributed by atoms with Gasteiger partial charge in [0.1, 0.15) is 11.2 Å². The van der Waals surface area contributed by atoms with Crippen LogP contribution in [0.4, 0.5) is 17.1 Å². The van der Waals surface area contributed by atoms with Gasteiger partial charge in [-0.25, -0.2) is 4.68 Å². The van der Waals surface area contributed by atoms with Crippen LogP contribution < -0.4 is 16.4 Å². The Morgan fingerprint density at radius 3 is 2.60 bits per heavy atom. The van der Waals surface area contributed by atoms with Gasteiger partial charge in [-0.3, -0.25) is 9.78 Å². The summed E-state index contributed by atoms with van der Waals surface area (Å²) in [7, 11) is 0. The molecule has 11 heteroatoms. The standard InChI is InChI=1S/C31H28ClN7O3/c1-18-12-26(31(19-2-4-20(32)5-3-19)25-13-21(33)6-9-27(25)36-30(31)42)28(15-29(18)41)39-17-24(37-38-39)14-22-7-8-23(16-35-22)34-10-11-40/h2-9,12-13,15-17,34,40-41H,10-11,14,33H2,1H3,(H,36,42). The maximum atomic E-state index is 14.1. The van der Waals surface area contributed by atoms with E-state index in [1.807, 2.05) is 24.3 Å². The summed E-state index contributed by atoms with van der Waals surface area (Å²) >= 11 is 6.25. The Balaban J connectivity index is 1.48. The van der Waals surface area contributed by atoms with Gasteiger partial charge in [0, 0.05) is 52.3 Å². The van der Waals surface area contributed by atoms with Crippen LogP contribution in [0.25, 0.3) is 5.69 Å². The molecule has 3 heterocycles. The SMILES string of the molecule is Cc1cc(C2(c3ccc(Cl)cc3)C(=O)Nc3ccc(N)cc32)c(-n2cc(Cc3ccc(NCCO)cn3)nn2)cc1O. The molecule has 0 bridgehead atoms. The number of aromatic nitrogens is 4. The summed E-state index contributed by atoms with van der Waals surface area (Å²) in [5.41, 5.74) is 11.3. The van der Waals surface area contributed by atoms with Crippen molar-refractivity contribution in [3.63, 3.8) is 0 Å². The normalized spacial score (nSPS) is 15.8. The zero-order chi connectivity index (χ0) is 29.4. The fourth-order valence-electron chi connectivity index (χ4n) is 5.42. The van der Waals surface area contributed by atoms with Gasteiger partial charge in [-0.2, -0.15) is 0 Å². The molecule has 1 amide bonds. The number of pyridine rings is 1. The van der Waals surface area contributed by atoms with Gasteiger partial charge < -0.3 is 26.6 Å². The van der Waals surface area contributed by atoms with Crippen molar-refractivity contribution in [3.8, 4) is 11.4 Å². The highest BCUT2D eigenvalue weighted by atomic mass is 35.5. The van der Waals surface area contributed by atoms with Gasteiger partial charge in [0.15, 0.2) is 0 Å². The summed E-state index contributed by atoms with van der Waals surface area (Å²) in [6.07, 6.45) is 3.87. The van der Waals surface area contributed by atoms with E-state index in [2.05, 4.69) is 25.9 Å². The van der Waals surface area contributed by atoms with Crippen molar-refractivity contribution in [2.24, 2.45) is 0 Å². The van der Waals surface area contributed by atoms with Gasteiger partial charge in [0.2, 0.25) is 5.91 Å². The number of carbonyl (C=O) groups excluding carboxylic acids is 1. The van der Waals surface area contributed by atoms with Crippen LogP contribution in [0, 0.1) is 6.92 Å². The largest absolute Gasteiger partial charge is 0.508 e. The molecule has 2 aromatic heterocycles. The zero-order valence-electron chi connectivity index (χ0n) is 22.7. The maximum absolute atomic E-state index is 14.1. The number of hydrogen-bond acceptors (Lipinski definition) is 8. The minimum Gasteiger partial charge on any atom is -0.508 e. The number of aliphatic hydroxyl groups excluding tert-OH is 1. The lowest BCUT2D eigenvalue weighted by molar-refractivity contribution is -0.118. The number of nitrogens with zero attached hydrogens (tertiary/aromatic N) is 4. The maximum Gasteiger partial charge on any atom is 0.244 e. The fraction of sp³-hybridized carbons (Fsp3) is 0.161. The smallest absolute Gasteiger partial charge is 0.244 e.